The van der Waals surface area contributed by atoms with E-state index in [-0.39, 0.29) is 42.4 Å². The maximum Gasteiger partial charge on any atom is 0.392 e. The number of ether oxygens (including phenoxy) is 1. The molecule has 9 unspecified atom stereocenters. The standard InChI is InChI=1S/C30H49F3N6O2/c1-37-18-35-36-27(37)11-29(16-41-17-29)21-5-2-6-22(10-21)39-14-24-23(28(39)40)8-19(9-25(24)30(31,32)33)12-38-13-20-4-3-7-34-26(20)15-38/h19-27,34-36H,2-18H2,1H3. The van der Waals surface area contributed by atoms with Crippen LogP contribution in [0.2, 0.25) is 0 Å². The van der Waals surface area contributed by atoms with Gasteiger partial charge < -0.3 is 19.9 Å². The van der Waals surface area contributed by atoms with Crippen LogP contribution in [0.5, 0.6) is 0 Å². The number of fused-ring (bicyclic) bond motifs is 2. The summed E-state index contributed by atoms with van der Waals surface area (Å²) < 4.78 is 49.3. The zero-order valence-corrected chi connectivity index (χ0v) is 24.5. The van der Waals surface area contributed by atoms with E-state index in [1.165, 1.54) is 12.8 Å². The normalized spacial score (nSPS) is 43.7. The molecular weight excluding hydrogens is 533 g/mol. The fourth-order valence-corrected chi connectivity index (χ4v) is 10.0. The molecule has 0 radical (unpaired) electrons. The number of hydrogen-bond donors (Lipinski definition) is 3. The minimum atomic E-state index is -4.25. The third-order valence-electron chi connectivity index (χ3n) is 12.3. The van der Waals surface area contributed by atoms with E-state index in [0.29, 0.717) is 30.8 Å². The summed E-state index contributed by atoms with van der Waals surface area (Å²) in [5.41, 5.74) is 6.68. The smallest absolute Gasteiger partial charge is 0.380 e. The number of piperidine rings is 1. The maximum absolute atomic E-state index is 14.5. The van der Waals surface area contributed by atoms with Crippen molar-refractivity contribution in [2.75, 3.05) is 59.7 Å². The molecule has 1 amide bonds. The van der Waals surface area contributed by atoms with E-state index in [1.54, 1.807) is 0 Å². The molecule has 0 aromatic rings. The van der Waals surface area contributed by atoms with Gasteiger partial charge in [-0.05, 0) is 88.6 Å². The van der Waals surface area contributed by atoms with Crippen molar-refractivity contribution in [1.29, 1.82) is 0 Å². The summed E-state index contributed by atoms with van der Waals surface area (Å²) in [6.45, 7) is 6.23. The second-order valence-corrected chi connectivity index (χ2v) is 14.8. The summed E-state index contributed by atoms with van der Waals surface area (Å²) in [7, 11) is 2.11. The molecule has 7 fully saturated rings. The highest BCUT2D eigenvalue weighted by atomic mass is 19.4. The number of alkyl halides is 3. The summed E-state index contributed by atoms with van der Waals surface area (Å²) in [5.74, 6) is -1.45. The number of hydrazine groups is 1. The maximum atomic E-state index is 14.5. The molecule has 0 aromatic carbocycles. The van der Waals surface area contributed by atoms with Gasteiger partial charge >= 0.3 is 6.18 Å². The van der Waals surface area contributed by atoms with Crippen LogP contribution >= 0.6 is 0 Å². The molecule has 5 heterocycles. The summed E-state index contributed by atoms with van der Waals surface area (Å²) >= 11 is 0. The summed E-state index contributed by atoms with van der Waals surface area (Å²) in [6.07, 6.45) is 4.10. The van der Waals surface area contributed by atoms with E-state index in [1.807, 2.05) is 4.90 Å². The number of hydrogen-bond acceptors (Lipinski definition) is 7. The highest BCUT2D eigenvalue weighted by Crippen LogP contribution is 2.53. The third-order valence-corrected chi connectivity index (χ3v) is 12.3. The van der Waals surface area contributed by atoms with E-state index in [9.17, 15) is 18.0 Å². The van der Waals surface area contributed by atoms with Gasteiger partial charge in [0, 0.05) is 49.6 Å². The lowest BCUT2D eigenvalue weighted by Crippen LogP contribution is -2.56. The van der Waals surface area contributed by atoms with Crippen LogP contribution in [0.15, 0.2) is 0 Å². The van der Waals surface area contributed by atoms with Gasteiger partial charge in [0.1, 0.15) is 0 Å². The first kappa shape index (κ1) is 28.8. The molecule has 0 spiro atoms. The summed E-state index contributed by atoms with van der Waals surface area (Å²) in [5, 5.41) is 3.61. The van der Waals surface area contributed by atoms with E-state index in [4.69, 9.17) is 4.74 Å². The molecule has 8 nitrogen and oxygen atoms in total. The van der Waals surface area contributed by atoms with E-state index in [0.717, 1.165) is 71.6 Å². The van der Waals surface area contributed by atoms with Crippen molar-refractivity contribution in [1.82, 2.24) is 30.9 Å². The minimum Gasteiger partial charge on any atom is -0.380 e. The van der Waals surface area contributed by atoms with Crippen molar-refractivity contribution < 1.29 is 22.7 Å². The lowest BCUT2D eigenvalue weighted by Gasteiger charge is -2.52. The van der Waals surface area contributed by atoms with Crippen molar-refractivity contribution in [3.05, 3.63) is 0 Å². The summed E-state index contributed by atoms with van der Waals surface area (Å²) in [4.78, 5) is 20.5. The molecule has 0 bridgehead atoms. The quantitative estimate of drug-likeness (QED) is 0.445. The Bertz CT molecular complexity index is 951. The lowest BCUT2D eigenvalue weighted by molar-refractivity contribution is -0.204. The van der Waals surface area contributed by atoms with Crippen LogP contribution in [0.1, 0.15) is 57.8 Å². The molecule has 2 aliphatic carbocycles. The number of nitrogens with one attached hydrogen (secondary N) is 3. The predicted molar refractivity (Wildman–Crippen MR) is 148 cm³/mol. The SMILES string of the molecule is CN1CNNC1CC1(C2CCCC(N3CC4C(CC(CN5CC6CCCNC6C5)CC4C(F)(F)F)C3=O)C2)COC1. The fourth-order valence-electron chi connectivity index (χ4n) is 10.0. The molecule has 5 saturated heterocycles. The van der Waals surface area contributed by atoms with Crippen molar-refractivity contribution in [3.8, 4) is 0 Å². The van der Waals surface area contributed by atoms with Gasteiger partial charge in [-0.25, -0.2) is 10.9 Å². The Morgan fingerprint density at radius 2 is 1.90 bits per heavy atom. The average Bonchev–Trinajstić information content (AvgIpc) is 3.62. The average molecular weight is 583 g/mol. The Morgan fingerprint density at radius 1 is 1.05 bits per heavy atom. The molecule has 9 atom stereocenters. The van der Waals surface area contributed by atoms with E-state index >= 15 is 0 Å². The molecule has 0 aromatic heterocycles. The lowest BCUT2D eigenvalue weighted by atomic mass is 9.64. The topological polar surface area (TPSA) is 72.1 Å². The van der Waals surface area contributed by atoms with Gasteiger partial charge in [-0.1, -0.05) is 6.42 Å². The van der Waals surface area contributed by atoms with Crippen LogP contribution in [0.4, 0.5) is 13.2 Å². The molecule has 7 aliphatic rings. The van der Waals surface area contributed by atoms with Gasteiger partial charge in [-0.15, -0.1) is 0 Å². The Kier molecular flexibility index (Phi) is 7.85. The monoisotopic (exact) mass is 582 g/mol. The van der Waals surface area contributed by atoms with Gasteiger partial charge in [0.15, 0.2) is 0 Å². The van der Waals surface area contributed by atoms with Crippen LogP contribution in [-0.4, -0.2) is 105 Å². The number of likely N-dealkylation sites (tertiary alicyclic amines) is 2. The van der Waals surface area contributed by atoms with Crippen molar-refractivity contribution in [2.24, 2.45) is 40.9 Å². The first-order chi connectivity index (χ1) is 19.7. The Labute approximate surface area is 242 Å². The number of rotatable bonds is 6. The Morgan fingerprint density at radius 3 is 2.61 bits per heavy atom. The zero-order valence-electron chi connectivity index (χ0n) is 24.5. The molecule has 5 aliphatic heterocycles. The van der Waals surface area contributed by atoms with Gasteiger partial charge in [0.05, 0.1) is 32.0 Å². The van der Waals surface area contributed by atoms with Crippen molar-refractivity contribution in [2.45, 2.75) is 82.2 Å². The Hall–Kier alpha value is -0.980. The van der Waals surface area contributed by atoms with Crippen LogP contribution in [0.3, 0.4) is 0 Å². The molecular formula is C30H49F3N6O2. The number of carbonyl (C=O) groups is 1. The van der Waals surface area contributed by atoms with Crippen molar-refractivity contribution >= 4 is 5.91 Å². The van der Waals surface area contributed by atoms with Crippen LogP contribution in [0, 0.1) is 40.9 Å². The Balaban J connectivity index is 1.03. The molecule has 232 valence electrons. The zero-order chi connectivity index (χ0) is 28.4. The van der Waals surface area contributed by atoms with Gasteiger partial charge in [-0.3, -0.25) is 9.69 Å². The van der Waals surface area contributed by atoms with Crippen LogP contribution in [0.25, 0.3) is 0 Å². The van der Waals surface area contributed by atoms with Crippen LogP contribution in [-0.2, 0) is 9.53 Å². The molecule has 41 heavy (non-hydrogen) atoms. The number of halogens is 3. The highest BCUT2D eigenvalue weighted by molar-refractivity contribution is 5.82. The fraction of sp³-hybridized carbons (Fsp3) is 0.967. The van der Waals surface area contributed by atoms with Crippen molar-refractivity contribution in [3.63, 3.8) is 0 Å². The number of nitrogens with zero attached hydrogens (tertiary/aromatic N) is 3. The summed E-state index contributed by atoms with van der Waals surface area (Å²) in [6, 6.07) is 0.531. The molecule has 3 N–H and O–H groups in total. The third kappa shape index (κ3) is 5.45. The predicted octanol–water partition coefficient (Wildman–Crippen LogP) is 2.62. The molecule has 11 heteroatoms. The second kappa shape index (κ2) is 11.2. The van der Waals surface area contributed by atoms with Gasteiger partial charge in [0.25, 0.3) is 0 Å². The number of carbonyl (C=O) groups excluding carboxylic acids is 1. The highest BCUT2D eigenvalue weighted by Gasteiger charge is 2.58. The molecule has 2 saturated carbocycles. The van der Waals surface area contributed by atoms with Gasteiger partial charge in [-0.2, -0.15) is 13.2 Å². The van der Waals surface area contributed by atoms with E-state index in [2.05, 4.69) is 33.0 Å². The first-order valence-corrected chi connectivity index (χ1v) is 16.3. The van der Waals surface area contributed by atoms with E-state index < -0.39 is 23.9 Å². The van der Waals surface area contributed by atoms with Gasteiger partial charge in [0.2, 0.25) is 5.91 Å². The van der Waals surface area contributed by atoms with Crippen LogP contribution < -0.4 is 16.2 Å². The number of amides is 1. The minimum absolute atomic E-state index is 0.0108. The molecule has 7 rings (SSSR count). The largest absolute Gasteiger partial charge is 0.392 e. The first-order valence-electron chi connectivity index (χ1n) is 16.3. The second-order valence-electron chi connectivity index (χ2n) is 14.8.